The number of rotatable bonds is 5. The number of fused-ring (bicyclic) bond motifs is 1. The Kier molecular flexibility index (Phi) is 4.70. The van der Waals surface area contributed by atoms with Crippen molar-refractivity contribution < 1.29 is 9.90 Å². The van der Waals surface area contributed by atoms with Crippen LogP contribution in [0.3, 0.4) is 0 Å². The van der Waals surface area contributed by atoms with E-state index in [4.69, 9.17) is 11.6 Å². The number of aromatic nitrogens is 2. The van der Waals surface area contributed by atoms with Crippen LogP contribution in [0.2, 0.25) is 5.15 Å². The molecule has 0 aliphatic rings. The molecule has 2 aromatic heterocycles. The van der Waals surface area contributed by atoms with E-state index in [9.17, 15) is 9.90 Å². The van der Waals surface area contributed by atoms with Crippen LogP contribution in [-0.2, 0) is 4.79 Å². The van der Waals surface area contributed by atoms with Crippen molar-refractivity contribution in [2.24, 2.45) is 0 Å². The molecule has 114 valence electrons. The van der Waals surface area contributed by atoms with Gasteiger partial charge in [-0.1, -0.05) is 11.6 Å². The molecule has 2 aromatic rings. The van der Waals surface area contributed by atoms with Crippen LogP contribution in [0.15, 0.2) is 17.7 Å². The molecule has 21 heavy (non-hydrogen) atoms. The molecule has 0 saturated heterocycles. The molecule has 0 bridgehead atoms. The Morgan fingerprint density at radius 1 is 1.62 bits per heavy atom. The third-order valence-corrected chi connectivity index (χ3v) is 3.94. The van der Waals surface area contributed by atoms with Gasteiger partial charge in [0.1, 0.15) is 0 Å². The largest absolute Gasteiger partial charge is 0.389 e. The van der Waals surface area contributed by atoms with Crippen LogP contribution in [0.1, 0.15) is 26.5 Å². The minimum absolute atomic E-state index is 0.166. The first-order chi connectivity index (χ1) is 9.81. The minimum atomic E-state index is -0.922. The van der Waals surface area contributed by atoms with E-state index in [0.717, 1.165) is 4.96 Å². The number of thiazole rings is 1. The third-order valence-electron chi connectivity index (χ3n) is 2.91. The number of carbonyl (C=O) groups excluding carboxylic acids is 1. The van der Waals surface area contributed by atoms with E-state index in [1.54, 1.807) is 24.8 Å². The summed E-state index contributed by atoms with van der Waals surface area (Å²) in [4.78, 5) is 18.8. The van der Waals surface area contributed by atoms with Crippen LogP contribution < -0.4 is 0 Å². The van der Waals surface area contributed by atoms with Gasteiger partial charge in [-0.05, 0) is 26.8 Å². The van der Waals surface area contributed by atoms with Crippen LogP contribution in [-0.4, -0.2) is 44.0 Å². The fraction of sp³-hybridized carbons (Fsp3) is 0.429. The summed E-state index contributed by atoms with van der Waals surface area (Å²) in [6, 6.07) is 0. The minimum Gasteiger partial charge on any atom is -0.389 e. The molecule has 0 fully saturated rings. The quantitative estimate of drug-likeness (QED) is 0.859. The first-order valence-corrected chi connectivity index (χ1v) is 7.88. The summed E-state index contributed by atoms with van der Waals surface area (Å²) in [6.07, 6.45) is 4.98. The molecule has 0 saturated carbocycles. The van der Waals surface area contributed by atoms with Gasteiger partial charge in [0.25, 0.3) is 0 Å². The average molecular weight is 328 g/mol. The van der Waals surface area contributed by atoms with E-state index in [-0.39, 0.29) is 12.5 Å². The Bertz CT molecular complexity index is 669. The standard InChI is InChI=1S/C14H18ClN3O2S/c1-4-17(9-14(2,3)20)11(19)6-5-10-12(15)16-13-18(10)7-8-21-13/h5-8,20H,4,9H2,1-3H3. The number of halogens is 1. The van der Waals surface area contributed by atoms with Crippen molar-refractivity contribution >= 4 is 39.9 Å². The lowest BCUT2D eigenvalue weighted by Gasteiger charge is -2.27. The molecule has 0 spiro atoms. The van der Waals surface area contributed by atoms with Crippen LogP contribution in [0.4, 0.5) is 0 Å². The maximum absolute atomic E-state index is 12.2. The van der Waals surface area contributed by atoms with Gasteiger partial charge in [0, 0.05) is 30.7 Å². The molecule has 7 heteroatoms. The van der Waals surface area contributed by atoms with Gasteiger partial charge in [-0.25, -0.2) is 4.98 Å². The fourth-order valence-electron chi connectivity index (χ4n) is 1.99. The second-order valence-corrected chi connectivity index (χ2v) is 6.57. The molecule has 5 nitrogen and oxygen atoms in total. The van der Waals surface area contributed by atoms with E-state index in [0.29, 0.717) is 17.4 Å². The maximum atomic E-state index is 12.2. The average Bonchev–Trinajstić information content (AvgIpc) is 2.93. The summed E-state index contributed by atoms with van der Waals surface area (Å²) >= 11 is 7.55. The first kappa shape index (κ1) is 16.0. The van der Waals surface area contributed by atoms with Crippen LogP contribution in [0.25, 0.3) is 11.0 Å². The molecule has 0 radical (unpaired) electrons. The van der Waals surface area contributed by atoms with Crippen molar-refractivity contribution in [3.05, 3.63) is 28.5 Å². The Hall–Kier alpha value is -1.37. The molecule has 0 aliphatic heterocycles. The lowest BCUT2D eigenvalue weighted by Crippen LogP contribution is -2.41. The number of aliphatic hydroxyl groups is 1. The van der Waals surface area contributed by atoms with Gasteiger partial charge in [0.05, 0.1) is 11.3 Å². The first-order valence-electron chi connectivity index (χ1n) is 6.62. The van der Waals surface area contributed by atoms with E-state index in [1.807, 2.05) is 22.9 Å². The Morgan fingerprint density at radius 2 is 2.33 bits per heavy atom. The van der Waals surface area contributed by atoms with Gasteiger partial charge < -0.3 is 10.0 Å². The highest BCUT2D eigenvalue weighted by Gasteiger charge is 2.20. The van der Waals surface area contributed by atoms with Crippen molar-refractivity contribution in [1.29, 1.82) is 0 Å². The summed E-state index contributed by atoms with van der Waals surface area (Å²) in [7, 11) is 0. The van der Waals surface area contributed by atoms with Crippen molar-refractivity contribution in [3.8, 4) is 0 Å². The van der Waals surface area contributed by atoms with E-state index >= 15 is 0 Å². The van der Waals surface area contributed by atoms with Gasteiger partial charge in [-0.3, -0.25) is 9.20 Å². The van der Waals surface area contributed by atoms with Crippen molar-refractivity contribution in [2.45, 2.75) is 26.4 Å². The summed E-state index contributed by atoms with van der Waals surface area (Å²) in [5, 5.41) is 12.1. The SMILES string of the molecule is CCN(CC(C)(C)O)C(=O)C=Cc1c(Cl)nc2sccn12. The summed E-state index contributed by atoms with van der Waals surface area (Å²) in [6.45, 7) is 6.03. The molecule has 0 atom stereocenters. The van der Waals surface area contributed by atoms with Gasteiger partial charge >= 0.3 is 0 Å². The van der Waals surface area contributed by atoms with E-state index in [2.05, 4.69) is 4.98 Å². The van der Waals surface area contributed by atoms with Gasteiger partial charge in [0.15, 0.2) is 10.1 Å². The number of hydrogen-bond acceptors (Lipinski definition) is 4. The number of carbonyl (C=O) groups is 1. The summed E-state index contributed by atoms with van der Waals surface area (Å²) < 4.78 is 1.84. The number of likely N-dealkylation sites (N-methyl/N-ethyl adjacent to an activating group) is 1. The van der Waals surface area contributed by atoms with Crippen LogP contribution in [0.5, 0.6) is 0 Å². The topological polar surface area (TPSA) is 57.8 Å². The number of imidazole rings is 1. The van der Waals surface area contributed by atoms with Gasteiger partial charge in [0.2, 0.25) is 5.91 Å². The van der Waals surface area contributed by atoms with Crippen LogP contribution in [0, 0.1) is 0 Å². The summed E-state index contributed by atoms with van der Waals surface area (Å²) in [5.41, 5.74) is -0.241. The number of amides is 1. The summed E-state index contributed by atoms with van der Waals surface area (Å²) in [5.74, 6) is -0.166. The van der Waals surface area contributed by atoms with E-state index < -0.39 is 5.60 Å². The molecule has 1 N–H and O–H groups in total. The molecule has 0 unspecified atom stereocenters. The molecule has 0 aromatic carbocycles. The Balaban J connectivity index is 2.17. The second-order valence-electron chi connectivity index (χ2n) is 5.34. The smallest absolute Gasteiger partial charge is 0.246 e. The second kappa shape index (κ2) is 6.17. The van der Waals surface area contributed by atoms with E-state index in [1.165, 1.54) is 17.4 Å². The zero-order valence-electron chi connectivity index (χ0n) is 12.2. The Labute approximate surface area is 132 Å². The van der Waals surface area contributed by atoms with Gasteiger partial charge in [-0.2, -0.15) is 0 Å². The molecular formula is C14H18ClN3O2S. The van der Waals surface area contributed by atoms with Crippen molar-refractivity contribution in [1.82, 2.24) is 14.3 Å². The third kappa shape index (κ3) is 3.84. The molecule has 2 rings (SSSR count). The lowest BCUT2D eigenvalue weighted by atomic mass is 10.1. The highest BCUT2D eigenvalue weighted by atomic mass is 35.5. The maximum Gasteiger partial charge on any atom is 0.246 e. The normalized spacial score (nSPS) is 12.4. The molecule has 0 aliphatic carbocycles. The molecule has 1 amide bonds. The van der Waals surface area contributed by atoms with Crippen LogP contribution >= 0.6 is 22.9 Å². The predicted molar refractivity (Wildman–Crippen MR) is 85.7 cm³/mol. The predicted octanol–water partition coefficient (Wildman–Crippen LogP) is 2.68. The van der Waals surface area contributed by atoms with Gasteiger partial charge in [-0.15, -0.1) is 11.3 Å². The molecule has 2 heterocycles. The zero-order valence-corrected chi connectivity index (χ0v) is 13.8. The fourth-order valence-corrected chi connectivity index (χ4v) is 3.00. The highest BCUT2D eigenvalue weighted by molar-refractivity contribution is 7.15. The highest BCUT2D eigenvalue weighted by Crippen LogP contribution is 2.22. The number of hydrogen-bond donors (Lipinski definition) is 1. The zero-order chi connectivity index (χ0) is 15.6. The number of nitrogens with zero attached hydrogens (tertiary/aromatic N) is 3. The van der Waals surface area contributed by atoms with Crippen molar-refractivity contribution in [3.63, 3.8) is 0 Å². The lowest BCUT2D eigenvalue weighted by molar-refractivity contribution is -0.128. The molecular weight excluding hydrogens is 310 g/mol. The Morgan fingerprint density at radius 3 is 2.95 bits per heavy atom. The van der Waals surface area contributed by atoms with Crippen molar-refractivity contribution in [2.75, 3.05) is 13.1 Å². The monoisotopic (exact) mass is 327 g/mol.